The van der Waals surface area contributed by atoms with Crippen LogP contribution >= 0.6 is 11.6 Å². The van der Waals surface area contributed by atoms with Gasteiger partial charge in [0, 0.05) is 10.6 Å². The van der Waals surface area contributed by atoms with Crippen LogP contribution < -0.4 is 5.32 Å². The van der Waals surface area contributed by atoms with Gasteiger partial charge >= 0.3 is 0 Å². The van der Waals surface area contributed by atoms with E-state index in [0.29, 0.717) is 6.04 Å². The van der Waals surface area contributed by atoms with E-state index in [9.17, 15) is 0 Å². The summed E-state index contributed by atoms with van der Waals surface area (Å²) in [6.45, 7) is 7.13. The molecule has 1 fully saturated rings. The Morgan fingerprint density at radius 1 is 1.20 bits per heavy atom. The largest absolute Gasteiger partial charge is 0.311 e. The number of halogens is 1. The lowest BCUT2D eigenvalue weighted by atomic mass is 9.82. The van der Waals surface area contributed by atoms with Crippen LogP contribution in [-0.4, -0.2) is 30.6 Å². The first-order valence-corrected chi connectivity index (χ1v) is 8.17. The average molecular weight is 295 g/mol. The van der Waals surface area contributed by atoms with Crippen LogP contribution in [0.5, 0.6) is 0 Å². The first-order valence-electron chi connectivity index (χ1n) is 7.79. The number of likely N-dealkylation sites (tertiary alicyclic amines) is 1. The number of benzene rings is 1. The standard InChI is InChI=1S/C17H27ClN2/c1-4-17(2,20-12-6-5-7-13-20)16(19-3)14-8-10-15(18)11-9-14/h8-11,16,19H,4-7,12-13H2,1-3H3. The molecule has 1 heterocycles. The van der Waals surface area contributed by atoms with Gasteiger partial charge in [0.05, 0.1) is 6.04 Å². The van der Waals surface area contributed by atoms with Crippen molar-refractivity contribution in [1.29, 1.82) is 0 Å². The maximum atomic E-state index is 6.03. The summed E-state index contributed by atoms with van der Waals surface area (Å²) in [6.07, 6.45) is 5.17. The number of hydrogen-bond acceptors (Lipinski definition) is 2. The smallest absolute Gasteiger partial charge is 0.0501 e. The van der Waals surface area contributed by atoms with E-state index in [1.165, 1.54) is 37.9 Å². The zero-order valence-electron chi connectivity index (χ0n) is 13.0. The maximum absolute atomic E-state index is 6.03. The molecule has 3 heteroatoms. The summed E-state index contributed by atoms with van der Waals surface area (Å²) in [5.41, 5.74) is 1.48. The summed E-state index contributed by atoms with van der Waals surface area (Å²) in [4.78, 5) is 2.67. The van der Waals surface area contributed by atoms with Crippen molar-refractivity contribution >= 4 is 11.6 Å². The Morgan fingerprint density at radius 3 is 2.30 bits per heavy atom. The Hall–Kier alpha value is -0.570. The van der Waals surface area contributed by atoms with E-state index in [4.69, 9.17) is 11.6 Å². The van der Waals surface area contributed by atoms with Crippen LogP contribution in [0.25, 0.3) is 0 Å². The van der Waals surface area contributed by atoms with Crippen molar-refractivity contribution < 1.29 is 0 Å². The van der Waals surface area contributed by atoms with Gasteiger partial charge in [0.15, 0.2) is 0 Å². The number of piperidine rings is 1. The lowest BCUT2D eigenvalue weighted by molar-refractivity contribution is 0.0448. The number of rotatable bonds is 5. The highest BCUT2D eigenvalue weighted by Crippen LogP contribution is 2.36. The molecule has 20 heavy (non-hydrogen) atoms. The van der Waals surface area contributed by atoms with Crippen LogP contribution in [-0.2, 0) is 0 Å². The fourth-order valence-electron chi connectivity index (χ4n) is 3.51. The van der Waals surface area contributed by atoms with Crippen molar-refractivity contribution in [3.8, 4) is 0 Å². The Kier molecular flexibility index (Phi) is 5.48. The van der Waals surface area contributed by atoms with E-state index in [-0.39, 0.29) is 5.54 Å². The fraction of sp³-hybridized carbons (Fsp3) is 0.647. The van der Waals surface area contributed by atoms with E-state index in [1.54, 1.807) is 0 Å². The highest BCUT2D eigenvalue weighted by Gasteiger charge is 2.38. The van der Waals surface area contributed by atoms with Gasteiger partial charge < -0.3 is 5.32 Å². The first-order chi connectivity index (χ1) is 9.61. The van der Waals surface area contributed by atoms with Gasteiger partial charge in [0.2, 0.25) is 0 Å². The predicted molar refractivity (Wildman–Crippen MR) is 87.4 cm³/mol. The number of nitrogens with zero attached hydrogens (tertiary/aromatic N) is 1. The van der Waals surface area contributed by atoms with Crippen LogP contribution in [0.1, 0.15) is 51.1 Å². The summed E-state index contributed by atoms with van der Waals surface area (Å²) in [5, 5.41) is 4.35. The molecule has 2 rings (SSSR count). The number of nitrogens with one attached hydrogen (secondary N) is 1. The fourth-order valence-corrected chi connectivity index (χ4v) is 3.63. The van der Waals surface area contributed by atoms with Gasteiger partial charge in [-0.2, -0.15) is 0 Å². The second-order valence-electron chi connectivity index (χ2n) is 6.03. The van der Waals surface area contributed by atoms with Crippen molar-refractivity contribution in [2.24, 2.45) is 0 Å². The lowest BCUT2D eigenvalue weighted by Gasteiger charge is -2.48. The molecule has 2 nitrogen and oxygen atoms in total. The molecule has 2 atom stereocenters. The Bertz CT molecular complexity index is 412. The van der Waals surface area contributed by atoms with Gasteiger partial charge in [-0.1, -0.05) is 37.1 Å². The quantitative estimate of drug-likeness (QED) is 0.873. The minimum Gasteiger partial charge on any atom is -0.311 e. The summed E-state index contributed by atoms with van der Waals surface area (Å²) >= 11 is 6.03. The van der Waals surface area contributed by atoms with Gasteiger partial charge in [0.25, 0.3) is 0 Å². The third kappa shape index (κ3) is 3.19. The molecule has 0 saturated carbocycles. The van der Waals surface area contributed by atoms with Crippen LogP contribution in [0.15, 0.2) is 24.3 Å². The summed E-state index contributed by atoms with van der Waals surface area (Å²) in [7, 11) is 2.07. The summed E-state index contributed by atoms with van der Waals surface area (Å²) in [6, 6.07) is 8.63. The third-order valence-corrected chi connectivity index (χ3v) is 5.16. The van der Waals surface area contributed by atoms with Gasteiger partial charge in [-0.15, -0.1) is 0 Å². The first kappa shape index (κ1) is 15.8. The van der Waals surface area contributed by atoms with Crippen molar-refractivity contribution in [1.82, 2.24) is 10.2 Å². The highest BCUT2D eigenvalue weighted by molar-refractivity contribution is 6.30. The molecule has 0 amide bonds. The molecular formula is C17H27ClN2. The Morgan fingerprint density at radius 2 is 1.80 bits per heavy atom. The number of likely N-dealkylation sites (N-methyl/N-ethyl adjacent to an activating group) is 1. The van der Waals surface area contributed by atoms with Crippen molar-refractivity contribution in [3.05, 3.63) is 34.9 Å². The average Bonchev–Trinajstić information content (AvgIpc) is 2.50. The molecule has 0 spiro atoms. The summed E-state index contributed by atoms with van der Waals surface area (Å²) in [5.74, 6) is 0. The third-order valence-electron chi connectivity index (χ3n) is 4.91. The molecule has 1 aliphatic heterocycles. The molecule has 1 saturated heterocycles. The molecule has 0 radical (unpaired) electrons. The van der Waals surface area contributed by atoms with Crippen molar-refractivity contribution in [2.45, 2.75) is 51.1 Å². The predicted octanol–water partition coefficient (Wildman–Crippen LogP) is 4.26. The van der Waals surface area contributed by atoms with E-state index < -0.39 is 0 Å². The van der Waals surface area contributed by atoms with E-state index >= 15 is 0 Å². The minimum absolute atomic E-state index is 0.156. The zero-order chi connectivity index (χ0) is 14.6. The van der Waals surface area contributed by atoms with Crippen molar-refractivity contribution in [2.75, 3.05) is 20.1 Å². The second-order valence-corrected chi connectivity index (χ2v) is 6.47. The molecule has 1 N–H and O–H groups in total. The Labute approximate surface area is 128 Å². The van der Waals surface area contributed by atoms with E-state index in [1.807, 2.05) is 12.1 Å². The van der Waals surface area contributed by atoms with Gasteiger partial charge in [-0.25, -0.2) is 0 Å². The molecule has 1 aromatic carbocycles. The lowest BCUT2D eigenvalue weighted by Crippen LogP contribution is -2.55. The van der Waals surface area contributed by atoms with Gasteiger partial charge in [0.1, 0.15) is 0 Å². The Balaban J connectivity index is 2.27. The van der Waals surface area contributed by atoms with Gasteiger partial charge in [-0.05, 0) is 64.0 Å². The molecule has 1 aliphatic rings. The molecule has 1 aromatic rings. The molecule has 2 unspecified atom stereocenters. The van der Waals surface area contributed by atoms with Crippen molar-refractivity contribution in [3.63, 3.8) is 0 Å². The topological polar surface area (TPSA) is 15.3 Å². The monoisotopic (exact) mass is 294 g/mol. The van der Waals surface area contributed by atoms with E-state index in [2.05, 4.69) is 43.2 Å². The second kappa shape index (κ2) is 6.93. The van der Waals surface area contributed by atoms with Crippen LogP contribution in [0.4, 0.5) is 0 Å². The van der Waals surface area contributed by atoms with Gasteiger partial charge in [-0.3, -0.25) is 4.90 Å². The van der Waals surface area contributed by atoms with Crippen LogP contribution in [0, 0.1) is 0 Å². The molecular weight excluding hydrogens is 268 g/mol. The SMILES string of the molecule is CCC(C)(C(NC)c1ccc(Cl)cc1)N1CCCCC1. The number of hydrogen-bond donors (Lipinski definition) is 1. The van der Waals surface area contributed by atoms with Crippen LogP contribution in [0.3, 0.4) is 0 Å². The molecule has 0 aromatic heterocycles. The highest BCUT2D eigenvalue weighted by atomic mass is 35.5. The van der Waals surface area contributed by atoms with Crippen LogP contribution in [0.2, 0.25) is 5.02 Å². The maximum Gasteiger partial charge on any atom is 0.0501 e. The molecule has 0 bridgehead atoms. The minimum atomic E-state index is 0.156. The molecule has 0 aliphatic carbocycles. The summed E-state index contributed by atoms with van der Waals surface area (Å²) < 4.78 is 0. The van der Waals surface area contributed by atoms with E-state index in [0.717, 1.165) is 11.4 Å². The molecule has 112 valence electrons. The zero-order valence-corrected chi connectivity index (χ0v) is 13.7. The normalized spacial score (nSPS) is 21.4.